The maximum absolute atomic E-state index is 3.78. The number of thioether (sulfide) groups is 1. The lowest BCUT2D eigenvalue weighted by Gasteiger charge is -2.22. The van der Waals surface area contributed by atoms with Crippen molar-refractivity contribution in [2.75, 3.05) is 71.2 Å². The lowest BCUT2D eigenvalue weighted by molar-refractivity contribution is -0.632. The van der Waals surface area contributed by atoms with Crippen LogP contribution in [0.5, 0.6) is 0 Å². The van der Waals surface area contributed by atoms with Crippen LogP contribution in [-0.2, 0) is 7.05 Å². The summed E-state index contributed by atoms with van der Waals surface area (Å²) in [7, 11) is 13.0. The van der Waals surface area contributed by atoms with Crippen LogP contribution in [0.3, 0.4) is 0 Å². The second kappa shape index (κ2) is 15.0. The largest absolute Gasteiger partial charge is 0.338 e. The summed E-state index contributed by atoms with van der Waals surface area (Å²) >= 11 is 1.86. The maximum Gasteiger partial charge on any atom is 0.277 e. The van der Waals surface area contributed by atoms with Gasteiger partial charge in [0.15, 0.2) is 0 Å². The first-order valence-electron chi connectivity index (χ1n) is 14.4. The minimum atomic E-state index is 1.05. The van der Waals surface area contributed by atoms with Crippen LogP contribution in [0.25, 0.3) is 17.0 Å². The van der Waals surface area contributed by atoms with Gasteiger partial charge in [-0.2, -0.15) is 0 Å². The summed E-state index contributed by atoms with van der Waals surface area (Å²) < 4.78 is 2.38. The number of aryl methyl sites for hydroxylation is 1. The highest BCUT2D eigenvalue weighted by Gasteiger charge is 2.24. The molecule has 0 saturated carbocycles. The molecular weight excluding hydrogens is 524 g/mol. The van der Waals surface area contributed by atoms with E-state index < -0.39 is 0 Å². The molecule has 6 nitrogen and oxygen atoms in total. The summed E-state index contributed by atoms with van der Waals surface area (Å²) in [5.41, 5.74) is 3.83. The summed E-state index contributed by atoms with van der Waals surface area (Å²) in [4.78, 5) is 14.6. The third-order valence-corrected chi connectivity index (χ3v) is 8.38. The number of nitrogens with zero attached hydrogens (tertiary/aromatic N) is 6. The molecule has 41 heavy (non-hydrogen) atoms. The Kier molecular flexibility index (Phi) is 11.2. The molecule has 0 unspecified atom stereocenters. The minimum Gasteiger partial charge on any atom is -0.338 e. The van der Waals surface area contributed by atoms with Crippen molar-refractivity contribution in [1.29, 1.82) is 0 Å². The Balaban J connectivity index is 0.000000572. The summed E-state index contributed by atoms with van der Waals surface area (Å²) in [5, 5.41) is 2.56. The molecule has 0 atom stereocenters. The van der Waals surface area contributed by atoms with Gasteiger partial charge in [0.25, 0.3) is 5.82 Å². The van der Waals surface area contributed by atoms with Gasteiger partial charge in [-0.1, -0.05) is 48.2 Å². The van der Waals surface area contributed by atoms with Crippen molar-refractivity contribution in [3.8, 4) is 0 Å². The summed E-state index contributed by atoms with van der Waals surface area (Å²) in [5.74, 6) is 1.29. The Morgan fingerprint density at radius 2 is 1.44 bits per heavy atom. The molecule has 0 aliphatic carbocycles. The maximum atomic E-state index is 3.78. The monoisotopic (exact) mass is 569 g/mol. The molecule has 0 N–H and O–H groups in total. The number of pyridine rings is 2. The van der Waals surface area contributed by atoms with Crippen molar-refractivity contribution >= 4 is 40.2 Å². The molecule has 4 aromatic rings. The van der Waals surface area contributed by atoms with Gasteiger partial charge in [-0.15, -0.1) is 0 Å². The van der Waals surface area contributed by atoms with Crippen LogP contribution < -0.4 is 14.4 Å². The zero-order valence-corrected chi connectivity index (χ0v) is 26.3. The van der Waals surface area contributed by atoms with E-state index in [-0.39, 0.29) is 0 Å². The molecule has 0 spiro atoms. The van der Waals surface area contributed by atoms with Crippen LogP contribution in [0.4, 0.5) is 11.5 Å². The second-order valence-electron chi connectivity index (χ2n) is 11.0. The van der Waals surface area contributed by atoms with E-state index in [1.165, 1.54) is 37.9 Å². The Morgan fingerprint density at radius 1 is 0.805 bits per heavy atom. The quantitative estimate of drug-likeness (QED) is 0.218. The molecule has 0 radical (unpaired) electrons. The molecule has 2 aromatic carbocycles. The number of benzene rings is 2. The Labute approximate surface area is 250 Å². The highest BCUT2D eigenvalue weighted by molar-refractivity contribution is 8.03. The van der Waals surface area contributed by atoms with Crippen molar-refractivity contribution < 1.29 is 4.57 Å². The zero-order valence-electron chi connectivity index (χ0n) is 25.5. The fraction of sp³-hybridized carbons (Fsp3) is 0.353. The van der Waals surface area contributed by atoms with Crippen LogP contribution in [0.15, 0.2) is 95.1 Å². The van der Waals surface area contributed by atoms with Gasteiger partial charge in [-0.25, -0.2) is 4.57 Å². The molecule has 0 bridgehead atoms. The number of para-hydroxylation sites is 2. The third-order valence-electron chi connectivity index (χ3n) is 7.21. The Morgan fingerprint density at radius 3 is 2.02 bits per heavy atom. The molecule has 2 aromatic heterocycles. The average Bonchev–Trinajstić information content (AvgIpc) is 3.29. The number of hydrogen-bond donors (Lipinski definition) is 0. The van der Waals surface area contributed by atoms with Crippen LogP contribution in [0, 0.1) is 0 Å². The van der Waals surface area contributed by atoms with Gasteiger partial charge in [0.05, 0.1) is 30.9 Å². The number of rotatable bonds is 10. The van der Waals surface area contributed by atoms with Crippen molar-refractivity contribution in [3.63, 3.8) is 0 Å². The summed E-state index contributed by atoms with van der Waals surface area (Å²) in [6, 6.07) is 25.6. The first kappa shape index (κ1) is 30.6. The average molecular weight is 570 g/mol. The zero-order chi connectivity index (χ0) is 29.2. The minimum absolute atomic E-state index is 1.05. The first-order valence-corrected chi connectivity index (χ1v) is 15.2. The predicted octanol–water partition coefficient (Wildman–Crippen LogP) is 6.00. The van der Waals surface area contributed by atoms with E-state index in [2.05, 4.69) is 132 Å². The van der Waals surface area contributed by atoms with Crippen LogP contribution in [-0.4, -0.2) is 76.2 Å². The highest BCUT2D eigenvalue weighted by atomic mass is 32.2. The van der Waals surface area contributed by atoms with Gasteiger partial charge < -0.3 is 14.7 Å². The molecule has 0 saturated heterocycles. The van der Waals surface area contributed by atoms with Crippen molar-refractivity contribution in [2.24, 2.45) is 7.05 Å². The van der Waals surface area contributed by atoms with Gasteiger partial charge in [0, 0.05) is 48.9 Å². The predicted molar refractivity (Wildman–Crippen MR) is 177 cm³/mol. The molecule has 0 fully saturated rings. The van der Waals surface area contributed by atoms with Crippen LogP contribution in [0.1, 0.15) is 18.4 Å². The number of aromatic nitrogens is 2. The van der Waals surface area contributed by atoms with E-state index >= 15 is 0 Å². The van der Waals surface area contributed by atoms with Gasteiger partial charge in [0.1, 0.15) is 5.52 Å². The number of anilines is 2. The van der Waals surface area contributed by atoms with E-state index in [1.807, 2.05) is 30.0 Å². The number of fused-ring (bicyclic) bond motifs is 2. The normalized spacial score (nSPS) is 13.6. The lowest BCUT2D eigenvalue weighted by Crippen LogP contribution is -2.42. The number of hydrogen-bond acceptors (Lipinski definition) is 6. The van der Waals surface area contributed by atoms with Crippen molar-refractivity contribution in [3.05, 3.63) is 95.8 Å². The standard InChI is InChI=1S/C29H40N5S.C5H5N/c1-30(2)17-11-19-34(20-12-18-31(3)4)28-21-23(24-13-7-8-14-25(24)32(28)5)22-29-33(6)26-15-9-10-16-27(26)35-29;1-2-4-6-5-3-1/h7-10,13-16,21-22H,11-12,17-20H2,1-6H3;1-5H/q+1;. The summed E-state index contributed by atoms with van der Waals surface area (Å²) in [6.45, 7) is 4.29. The molecule has 0 amide bonds. The van der Waals surface area contributed by atoms with E-state index in [0.717, 1.165) is 39.0 Å². The molecule has 216 valence electrons. The van der Waals surface area contributed by atoms with E-state index in [0.29, 0.717) is 0 Å². The summed E-state index contributed by atoms with van der Waals surface area (Å²) in [6.07, 6.45) is 8.16. The highest BCUT2D eigenvalue weighted by Crippen LogP contribution is 2.45. The molecule has 3 heterocycles. The smallest absolute Gasteiger partial charge is 0.277 e. The van der Waals surface area contributed by atoms with Crippen LogP contribution in [0.2, 0.25) is 0 Å². The fourth-order valence-electron chi connectivity index (χ4n) is 5.06. The van der Waals surface area contributed by atoms with Crippen molar-refractivity contribution in [1.82, 2.24) is 14.8 Å². The van der Waals surface area contributed by atoms with Gasteiger partial charge in [-0.05, 0) is 83.0 Å². The van der Waals surface area contributed by atoms with Crippen LogP contribution >= 0.6 is 11.8 Å². The van der Waals surface area contributed by atoms with Crippen molar-refractivity contribution in [2.45, 2.75) is 17.7 Å². The van der Waals surface area contributed by atoms with E-state index in [9.17, 15) is 0 Å². The molecule has 7 heteroatoms. The van der Waals surface area contributed by atoms with Gasteiger partial charge in [0.2, 0.25) is 0 Å². The Bertz CT molecular complexity index is 1380. The molecular formula is C34H45N6S+. The van der Waals surface area contributed by atoms with Gasteiger partial charge >= 0.3 is 0 Å². The van der Waals surface area contributed by atoms with E-state index in [4.69, 9.17) is 0 Å². The first-order chi connectivity index (χ1) is 19.8. The van der Waals surface area contributed by atoms with E-state index in [1.54, 1.807) is 12.4 Å². The fourth-order valence-corrected chi connectivity index (χ4v) is 6.16. The Hall–Kier alpha value is -3.39. The SMILES string of the molecule is CN(C)CCCN(CCCN(C)C)c1cc(/C=C2\Sc3ccccc3N2C)c2ccccc2[n+]1C.c1ccncc1. The molecule has 1 aliphatic heterocycles. The lowest BCUT2D eigenvalue weighted by atomic mass is 10.1. The van der Waals surface area contributed by atoms with Gasteiger partial charge in [-0.3, -0.25) is 9.88 Å². The second-order valence-corrected chi connectivity index (χ2v) is 12.0. The third kappa shape index (κ3) is 8.32. The molecule has 1 aliphatic rings. The molecule has 5 rings (SSSR count). The topological polar surface area (TPSA) is 29.7 Å².